The van der Waals surface area contributed by atoms with Gasteiger partial charge in [0, 0.05) is 5.75 Å². The fourth-order valence-corrected chi connectivity index (χ4v) is 4.68. The second-order valence-electron chi connectivity index (χ2n) is 7.38. The molecule has 1 fully saturated rings. The van der Waals surface area contributed by atoms with Crippen LogP contribution in [0.3, 0.4) is 0 Å². The zero-order valence-corrected chi connectivity index (χ0v) is 18.5. The van der Waals surface area contributed by atoms with E-state index in [1.54, 1.807) is 78.9 Å². The molecule has 1 aliphatic rings. The average Bonchev–Trinajstić information content (AvgIpc) is 3.24. The molecule has 0 N–H and O–H groups in total. The van der Waals surface area contributed by atoms with E-state index in [1.165, 1.54) is 11.8 Å². The molecule has 1 aliphatic heterocycles. The van der Waals surface area contributed by atoms with Crippen molar-refractivity contribution in [1.29, 1.82) is 0 Å². The van der Waals surface area contributed by atoms with E-state index >= 15 is 0 Å². The highest BCUT2D eigenvalue weighted by atomic mass is 32.2. The zero-order valence-electron chi connectivity index (χ0n) is 17.7. The molecule has 0 unspecified atom stereocenters. The van der Waals surface area contributed by atoms with Crippen LogP contribution >= 0.6 is 11.8 Å². The number of esters is 3. The number of thioether (sulfide) groups is 1. The third kappa shape index (κ3) is 5.81. The van der Waals surface area contributed by atoms with Crippen LogP contribution in [0.15, 0.2) is 91.0 Å². The summed E-state index contributed by atoms with van der Waals surface area (Å²) >= 11 is 1.44. The van der Waals surface area contributed by atoms with Gasteiger partial charge in [0.2, 0.25) is 0 Å². The quantitative estimate of drug-likeness (QED) is 0.380. The summed E-state index contributed by atoms with van der Waals surface area (Å²) < 4.78 is 16.9. The molecule has 7 heteroatoms. The first-order valence-corrected chi connectivity index (χ1v) is 11.5. The Hall–Kier alpha value is -3.58. The minimum Gasteiger partial charge on any atom is -0.461 e. The third-order valence-electron chi connectivity index (χ3n) is 5.12. The fourth-order valence-electron chi connectivity index (χ4n) is 3.40. The Morgan fingerprint density at radius 2 is 1.12 bits per heavy atom. The lowest BCUT2D eigenvalue weighted by atomic mass is 10.1. The molecule has 168 valence electrons. The predicted octanol–water partition coefficient (Wildman–Crippen LogP) is 4.41. The van der Waals surface area contributed by atoms with Crippen LogP contribution in [0.25, 0.3) is 0 Å². The largest absolute Gasteiger partial charge is 0.461 e. The molecule has 0 radical (unpaired) electrons. The third-order valence-corrected chi connectivity index (χ3v) is 6.47. The topological polar surface area (TPSA) is 78.9 Å². The van der Waals surface area contributed by atoms with Crippen molar-refractivity contribution in [3.05, 3.63) is 108 Å². The first-order valence-electron chi connectivity index (χ1n) is 10.5. The van der Waals surface area contributed by atoms with Crippen molar-refractivity contribution < 1.29 is 28.6 Å². The second kappa shape index (κ2) is 10.8. The van der Waals surface area contributed by atoms with Crippen molar-refractivity contribution in [1.82, 2.24) is 0 Å². The van der Waals surface area contributed by atoms with E-state index in [4.69, 9.17) is 14.2 Å². The van der Waals surface area contributed by atoms with Crippen LogP contribution in [-0.2, 0) is 14.2 Å². The van der Waals surface area contributed by atoms with Crippen molar-refractivity contribution in [3.8, 4) is 0 Å². The molecule has 0 aromatic heterocycles. The van der Waals surface area contributed by atoms with Crippen LogP contribution in [0.1, 0.15) is 31.1 Å². The van der Waals surface area contributed by atoms with Crippen LogP contribution in [0.2, 0.25) is 0 Å². The zero-order chi connectivity index (χ0) is 23.0. The highest BCUT2D eigenvalue weighted by molar-refractivity contribution is 8.00. The number of hydrogen-bond acceptors (Lipinski definition) is 7. The van der Waals surface area contributed by atoms with Crippen LogP contribution in [0.5, 0.6) is 0 Å². The number of carbonyl (C=O) groups excluding carboxylic acids is 3. The smallest absolute Gasteiger partial charge is 0.338 e. The molecule has 3 aromatic rings. The molecule has 6 nitrogen and oxygen atoms in total. The summed E-state index contributed by atoms with van der Waals surface area (Å²) in [6.45, 7) is 0.0184. The van der Waals surface area contributed by atoms with Gasteiger partial charge in [0.05, 0.1) is 21.9 Å². The SMILES string of the molecule is O=C(OC[C@H]1SC[C@@H](OC(=O)c2ccccc2)[C@H]1OC(=O)c1ccccc1)c1ccccc1. The summed E-state index contributed by atoms with van der Waals surface area (Å²) in [4.78, 5) is 37.7. The van der Waals surface area contributed by atoms with Gasteiger partial charge in [-0.25, -0.2) is 14.4 Å². The maximum atomic E-state index is 12.7. The molecule has 3 aromatic carbocycles. The van der Waals surface area contributed by atoms with Gasteiger partial charge in [0.15, 0.2) is 6.10 Å². The number of hydrogen-bond donors (Lipinski definition) is 0. The lowest BCUT2D eigenvalue weighted by molar-refractivity contribution is -0.0295. The standard InChI is InChI=1S/C26H22O6S/c27-24(18-10-4-1-5-11-18)30-16-22-23(32-26(29)20-14-8-3-9-15-20)21(17-33-22)31-25(28)19-12-6-2-7-13-19/h1-15,21-23H,16-17H2/t21-,22-,23-/m1/s1. The Labute approximate surface area is 195 Å². The van der Waals surface area contributed by atoms with E-state index in [-0.39, 0.29) is 11.9 Å². The van der Waals surface area contributed by atoms with Gasteiger partial charge in [0.1, 0.15) is 12.7 Å². The molecule has 1 saturated heterocycles. The van der Waals surface area contributed by atoms with Crippen LogP contribution in [-0.4, -0.2) is 47.7 Å². The van der Waals surface area contributed by atoms with Crippen molar-refractivity contribution in [2.45, 2.75) is 17.5 Å². The van der Waals surface area contributed by atoms with Crippen molar-refractivity contribution in [3.63, 3.8) is 0 Å². The molecule has 3 atom stereocenters. The highest BCUT2D eigenvalue weighted by Gasteiger charge is 2.43. The Morgan fingerprint density at radius 1 is 0.667 bits per heavy atom. The molecule has 33 heavy (non-hydrogen) atoms. The van der Waals surface area contributed by atoms with Gasteiger partial charge >= 0.3 is 17.9 Å². The predicted molar refractivity (Wildman–Crippen MR) is 124 cm³/mol. The van der Waals surface area contributed by atoms with Crippen LogP contribution < -0.4 is 0 Å². The maximum Gasteiger partial charge on any atom is 0.338 e. The summed E-state index contributed by atoms with van der Waals surface area (Å²) in [6.07, 6.45) is -1.44. The molecule has 4 rings (SSSR count). The first-order chi connectivity index (χ1) is 16.1. The Balaban J connectivity index is 1.46. The summed E-state index contributed by atoms with van der Waals surface area (Å²) in [5.74, 6) is -1.07. The van der Waals surface area contributed by atoms with E-state index in [1.807, 2.05) is 12.1 Å². The van der Waals surface area contributed by atoms with Gasteiger partial charge in [-0.3, -0.25) is 0 Å². The van der Waals surface area contributed by atoms with Crippen molar-refractivity contribution in [2.24, 2.45) is 0 Å². The van der Waals surface area contributed by atoms with Crippen LogP contribution in [0.4, 0.5) is 0 Å². The number of rotatable bonds is 7. The summed E-state index contributed by atoms with van der Waals surface area (Å²) in [5.41, 5.74) is 1.24. The van der Waals surface area contributed by atoms with Gasteiger partial charge in [-0.2, -0.15) is 0 Å². The minimum absolute atomic E-state index is 0.0184. The highest BCUT2D eigenvalue weighted by Crippen LogP contribution is 2.33. The lowest BCUT2D eigenvalue weighted by Gasteiger charge is -2.24. The molecule has 0 bridgehead atoms. The van der Waals surface area contributed by atoms with E-state index in [0.717, 1.165) is 0 Å². The van der Waals surface area contributed by atoms with Gasteiger partial charge in [-0.15, -0.1) is 11.8 Å². The molecule has 0 aliphatic carbocycles. The molecule has 1 heterocycles. The summed E-state index contributed by atoms with van der Waals surface area (Å²) in [7, 11) is 0. The molecule has 0 amide bonds. The molecular weight excluding hydrogens is 440 g/mol. The number of carbonyl (C=O) groups is 3. The summed E-state index contributed by atoms with van der Waals surface area (Å²) in [6, 6.07) is 25.9. The van der Waals surface area contributed by atoms with E-state index in [9.17, 15) is 14.4 Å². The van der Waals surface area contributed by atoms with E-state index in [0.29, 0.717) is 22.4 Å². The first kappa shape index (κ1) is 22.6. The van der Waals surface area contributed by atoms with Gasteiger partial charge in [-0.1, -0.05) is 54.6 Å². The lowest BCUT2D eigenvalue weighted by Crippen LogP contribution is -2.39. The fraction of sp³-hybridized carbons (Fsp3) is 0.192. The number of ether oxygens (including phenoxy) is 3. The Morgan fingerprint density at radius 3 is 1.64 bits per heavy atom. The summed E-state index contributed by atoms with van der Waals surface area (Å²) in [5, 5.41) is -0.376. The normalized spacial score (nSPS) is 19.5. The average molecular weight is 463 g/mol. The second-order valence-corrected chi connectivity index (χ2v) is 8.65. The monoisotopic (exact) mass is 462 g/mol. The van der Waals surface area contributed by atoms with Crippen molar-refractivity contribution in [2.75, 3.05) is 12.4 Å². The van der Waals surface area contributed by atoms with Gasteiger partial charge in [-0.05, 0) is 36.4 Å². The Kier molecular flexibility index (Phi) is 7.42. The molecule has 0 spiro atoms. The van der Waals surface area contributed by atoms with E-state index < -0.39 is 30.1 Å². The number of benzene rings is 3. The van der Waals surface area contributed by atoms with Gasteiger partial charge < -0.3 is 14.2 Å². The molecule has 0 saturated carbocycles. The molecular formula is C26H22O6S. The van der Waals surface area contributed by atoms with Crippen molar-refractivity contribution >= 4 is 29.7 Å². The minimum atomic E-state index is -0.765. The van der Waals surface area contributed by atoms with E-state index in [2.05, 4.69) is 0 Å². The Bertz CT molecular complexity index is 1090. The van der Waals surface area contributed by atoms with Crippen LogP contribution in [0, 0.1) is 0 Å². The van der Waals surface area contributed by atoms with Gasteiger partial charge in [0.25, 0.3) is 0 Å². The maximum absolute atomic E-state index is 12.7.